The molecule has 0 fully saturated rings. The molecule has 0 aliphatic carbocycles. The van der Waals surface area contributed by atoms with Crippen LogP contribution in [0, 0.1) is 5.21 Å². The number of hydrogen-bond acceptors (Lipinski definition) is 1. The standard InChI is InChI=1S/C7H7Cl2NO/c1-2-10(11)4-6(8)3-7(9)5-10/h2-4H,1,5H2. The molecule has 0 N–H and O–H groups in total. The highest BCUT2D eigenvalue weighted by Crippen LogP contribution is 2.24. The van der Waals surface area contributed by atoms with Crippen LogP contribution in [0.15, 0.2) is 35.1 Å². The smallest absolute Gasteiger partial charge is 0.123 e. The fraction of sp³-hybridized carbons (Fsp3) is 0.143. The van der Waals surface area contributed by atoms with E-state index >= 15 is 0 Å². The molecule has 0 aromatic heterocycles. The first-order valence-corrected chi connectivity index (χ1v) is 3.78. The van der Waals surface area contributed by atoms with Crippen LogP contribution in [0.5, 0.6) is 0 Å². The van der Waals surface area contributed by atoms with Crippen molar-refractivity contribution >= 4 is 23.2 Å². The molecule has 1 unspecified atom stereocenters. The fourth-order valence-electron chi connectivity index (χ4n) is 0.840. The van der Waals surface area contributed by atoms with Crippen molar-refractivity contribution in [2.24, 2.45) is 0 Å². The summed E-state index contributed by atoms with van der Waals surface area (Å²) in [6.45, 7) is 3.58. The fourth-order valence-corrected chi connectivity index (χ4v) is 1.50. The minimum Gasteiger partial charge on any atom is -0.622 e. The Morgan fingerprint density at radius 3 is 2.73 bits per heavy atom. The predicted molar refractivity (Wildman–Crippen MR) is 46.6 cm³/mol. The summed E-state index contributed by atoms with van der Waals surface area (Å²) >= 11 is 11.3. The molecule has 1 aliphatic rings. The molecule has 0 spiro atoms. The molecular formula is C7H7Cl2NO. The summed E-state index contributed by atoms with van der Waals surface area (Å²) in [5.41, 5.74) is 0. The summed E-state index contributed by atoms with van der Waals surface area (Å²) in [6, 6.07) is 0. The van der Waals surface area contributed by atoms with Gasteiger partial charge in [0.2, 0.25) is 0 Å². The number of halogens is 2. The van der Waals surface area contributed by atoms with Crippen LogP contribution in [0.1, 0.15) is 0 Å². The van der Waals surface area contributed by atoms with E-state index in [1.165, 1.54) is 12.4 Å². The summed E-state index contributed by atoms with van der Waals surface area (Å²) < 4.78 is -0.686. The van der Waals surface area contributed by atoms with Crippen LogP contribution in [-0.2, 0) is 0 Å². The molecule has 0 aromatic rings. The molecule has 0 saturated heterocycles. The van der Waals surface area contributed by atoms with Crippen molar-refractivity contribution in [2.75, 3.05) is 6.54 Å². The molecule has 1 aliphatic heterocycles. The second-order valence-corrected chi connectivity index (χ2v) is 3.22. The zero-order valence-electron chi connectivity index (χ0n) is 5.76. The Balaban J connectivity index is 2.95. The van der Waals surface area contributed by atoms with E-state index in [1.54, 1.807) is 6.08 Å². The third-order valence-corrected chi connectivity index (χ3v) is 1.78. The summed E-state index contributed by atoms with van der Waals surface area (Å²) in [5.74, 6) is 0. The van der Waals surface area contributed by atoms with Crippen LogP contribution >= 0.6 is 23.2 Å². The first kappa shape index (κ1) is 8.81. The van der Waals surface area contributed by atoms with Gasteiger partial charge in [-0.1, -0.05) is 23.2 Å². The lowest BCUT2D eigenvalue weighted by Gasteiger charge is -2.36. The van der Waals surface area contributed by atoms with Gasteiger partial charge in [0.1, 0.15) is 12.7 Å². The van der Waals surface area contributed by atoms with Crippen LogP contribution < -0.4 is 0 Å². The van der Waals surface area contributed by atoms with E-state index in [2.05, 4.69) is 6.58 Å². The Kier molecular flexibility index (Phi) is 2.40. The normalized spacial score (nSPS) is 30.8. The maximum atomic E-state index is 11.4. The molecular weight excluding hydrogens is 185 g/mol. The SMILES string of the molecule is C=C[N+]1([O-])C=C(Cl)C=C(Cl)C1. The maximum Gasteiger partial charge on any atom is 0.123 e. The second-order valence-electron chi connectivity index (χ2n) is 2.30. The highest BCUT2D eigenvalue weighted by molar-refractivity contribution is 6.34. The van der Waals surface area contributed by atoms with E-state index in [9.17, 15) is 5.21 Å². The van der Waals surface area contributed by atoms with Gasteiger partial charge >= 0.3 is 0 Å². The number of nitrogens with zero attached hydrogens (tertiary/aromatic N) is 1. The molecule has 4 heteroatoms. The molecule has 1 heterocycles. The maximum absolute atomic E-state index is 11.4. The monoisotopic (exact) mass is 191 g/mol. The molecule has 2 nitrogen and oxygen atoms in total. The lowest BCUT2D eigenvalue weighted by molar-refractivity contribution is -0.768. The molecule has 60 valence electrons. The largest absolute Gasteiger partial charge is 0.622 e. The van der Waals surface area contributed by atoms with Gasteiger partial charge in [0, 0.05) is 0 Å². The summed E-state index contributed by atoms with van der Waals surface area (Å²) in [5, 5.41) is 12.3. The summed E-state index contributed by atoms with van der Waals surface area (Å²) in [4.78, 5) is 0. The molecule has 0 amide bonds. The Bertz CT molecular complexity index is 247. The molecule has 1 rings (SSSR count). The van der Waals surface area contributed by atoms with Crippen molar-refractivity contribution < 1.29 is 4.65 Å². The lowest BCUT2D eigenvalue weighted by Crippen LogP contribution is -2.32. The van der Waals surface area contributed by atoms with E-state index < -0.39 is 4.65 Å². The topological polar surface area (TPSA) is 23.1 Å². The van der Waals surface area contributed by atoms with Crippen molar-refractivity contribution in [1.29, 1.82) is 0 Å². The minimum atomic E-state index is -0.686. The van der Waals surface area contributed by atoms with E-state index in [0.29, 0.717) is 10.1 Å². The number of quaternary nitrogens is 1. The van der Waals surface area contributed by atoms with Gasteiger partial charge in [0.05, 0.1) is 16.3 Å². The average molecular weight is 192 g/mol. The van der Waals surface area contributed by atoms with Crippen molar-refractivity contribution in [3.05, 3.63) is 40.3 Å². The molecule has 0 radical (unpaired) electrons. The highest BCUT2D eigenvalue weighted by Gasteiger charge is 2.17. The van der Waals surface area contributed by atoms with Gasteiger partial charge in [-0.15, -0.1) is 0 Å². The van der Waals surface area contributed by atoms with Gasteiger partial charge in [-0.2, -0.15) is 0 Å². The minimum absolute atomic E-state index is 0.182. The van der Waals surface area contributed by atoms with Crippen molar-refractivity contribution in [2.45, 2.75) is 0 Å². The second kappa shape index (κ2) is 2.99. The van der Waals surface area contributed by atoms with Crippen molar-refractivity contribution in [1.82, 2.24) is 0 Å². The van der Waals surface area contributed by atoms with Gasteiger partial charge in [-0.05, 0) is 12.7 Å². The van der Waals surface area contributed by atoms with E-state index in [1.807, 2.05) is 0 Å². The van der Waals surface area contributed by atoms with Gasteiger partial charge in [0.25, 0.3) is 0 Å². The van der Waals surface area contributed by atoms with Gasteiger partial charge in [-0.25, -0.2) is 0 Å². The number of hydrogen-bond donors (Lipinski definition) is 0. The van der Waals surface area contributed by atoms with Crippen LogP contribution in [0.2, 0.25) is 0 Å². The molecule has 0 aromatic carbocycles. The summed E-state index contributed by atoms with van der Waals surface area (Å²) in [6.07, 6.45) is 4.15. The molecule has 1 atom stereocenters. The average Bonchev–Trinajstić information content (AvgIpc) is 1.84. The van der Waals surface area contributed by atoms with Gasteiger partial charge in [0.15, 0.2) is 0 Å². The van der Waals surface area contributed by atoms with E-state index in [4.69, 9.17) is 23.2 Å². The van der Waals surface area contributed by atoms with Crippen molar-refractivity contribution in [3.8, 4) is 0 Å². The summed E-state index contributed by atoms with van der Waals surface area (Å²) in [7, 11) is 0. The van der Waals surface area contributed by atoms with Crippen LogP contribution in [0.4, 0.5) is 0 Å². The highest BCUT2D eigenvalue weighted by atomic mass is 35.5. The molecule has 0 saturated carbocycles. The number of hydroxylamine groups is 3. The Labute approximate surface area is 75.2 Å². The molecule has 0 bridgehead atoms. The Morgan fingerprint density at radius 2 is 2.27 bits per heavy atom. The zero-order chi connectivity index (χ0) is 8.48. The van der Waals surface area contributed by atoms with Crippen LogP contribution in [-0.4, -0.2) is 11.2 Å². The first-order chi connectivity index (χ1) is 5.06. The zero-order valence-corrected chi connectivity index (χ0v) is 7.27. The van der Waals surface area contributed by atoms with Crippen LogP contribution in [0.25, 0.3) is 0 Å². The Hall–Kier alpha value is -0.280. The Morgan fingerprint density at radius 1 is 1.64 bits per heavy atom. The first-order valence-electron chi connectivity index (χ1n) is 3.02. The van der Waals surface area contributed by atoms with Crippen molar-refractivity contribution in [3.63, 3.8) is 0 Å². The lowest BCUT2D eigenvalue weighted by atomic mass is 10.3. The third kappa shape index (κ3) is 2.07. The van der Waals surface area contributed by atoms with Crippen LogP contribution in [0.3, 0.4) is 0 Å². The number of rotatable bonds is 1. The van der Waals surface area contributed by atoms with E-state index in [-0.39, 0.29) is 6.54 Å². The van der Waals surface area contributed by atoms with E-state index in [0.717, 1.165) is 0 Å². The van der Waals surface area contributed by atoms with Gasteiger partial charge in [-0.3, -0.25) is 0 Å². The predicted octanol–water partition coefficient (Wildman–Crippen LogP) is 2.66. The number of allylic oxidation sites excluding steroid dienone is 2. The third-order valence-electron chi connectivity index (χ3n) is 1.34. The van der Waals surface area contributed by atoms with Gasteiger partial charge < -0.3 is 9.85 Å². The molecule has 11 heavy (non-hydrogen) atoms. The quantitative estimate of drug-likeness (QED) is 0.462.